The van der Waals surface area contributed by atoms with E-state index >= 15 is 0 Å². The van der Waals surface area contributed by atoms with Gasteiger partial charge >= 0.3 is 0 Å². The number of fused-ring (bicyclic) bond motifs is 1. The van der Waals surface area contributed by atoms with Gasteiger partial charge in [0.15, 0.2) is 0 Å². The van der Waals surface area contributed by atoms with Gasteiger partial charge in [0.1, 0.15) is 10.7 Å². The number of pyridine rings is 3. The van der Waals surface area contributed by atoms with E-state index in [0.29, 0.717) is 39.6 Å². The van der Waals surface area contributed by atoms with Crippen LogP contribution in [-0.2, 0) is 23.0 Å². The number of nitrogens with one attached hydrogen (secondary N) is 1. The summed E-state index contributed by atoms with van der Waals surface area (Å²) in [6, 6.07) is 9.90. The molecule has 35 heavy (non-hydrogen) atoms. The number of primary sulfonamides is 1. The molecule has 0 spiro atoms. The molecule has 180 valence electrons. The van der Waals surface area contributed by atoms with Crippen LogP contribution >= 0.6 is 11.6 Å². The summed E-state index contributed by atoms with van der Waals surface area (Å²) in [7, 11) is -4.03. The highest BCUT2D eigenvalue weighted by Crippen LogP contribution is 2.26. The minimum atomic E-state index is -4.03. The number of aryl methyl sites for hydroxylation is 2. The zero-order valence-corrected chi connectivity index (χ0v) is 20.6. The first-order chi connectivity index (χ1) is 16.5. The third-order valence-corrected chi connectivity index (χ3v) is 6.68. The Bertz CT molecular complexity index is 1550. The maximum atomic E-state index is 12.8. The van der Waals surface area contributed by atoms with Crippen LogP contribution in [0.1, 0.15) is 38.4 Å². The van der Waals surface area contributed by atoms with Crippen LogP contribution < -0.4 is 16.2 Å². The van der Waals surface area contributed by atoms with Crippen molar-refractivity contribution in [3.05, 3.63) is 87.5 Å². The summed E-state index contributed by atoms with van der Waals surface area (Å²) in [6.45, 7) is 4.06. The number of sulfonamides is 1. The monoisotopic (exact) mass is 510 g/mol. The maximum absolute atomic E-state index is 12.8. The number of nitrogens with zero attached hydrogens (tertiary/aromatic N) is 3. The van der Waals surface area contributed by atoms with E-state index in [1.165, 1.54) is 18.5 Å². The van der Waals surface area contributed by atoms with Gasteiger partial charge in [-0.15, -0.1) is 0 Å². The largest absolute Gasteiger partial charge is 0.384 e. The number of anilines is 1. The van der Waals surface area contributed by atoms with Gasteiger partial charge < -0.3 is 11.1 Å². The number of rotatable bonds is 6. The molecular weight excluding hydrogens is 488 g/mol. The van der Waals surface area contributed by atoms with Crippen molar-refractivity contribution in [3.8, 4) is 0 Å². The number of nitrogens with two attached hydrogens (primary N) is 2. The Morgan fingerprint density at radius 2 is 1.89 bits per heavy atom. The Hall–Kier alpha value is -3.60. The van der Waals surface area contributed by atoms with Gasteiger partial charge in [-0.25, -0.2) is 18.5 Å². The Morgan fingerprint density at radius 1 is 1.11 bits per heavy atom. The van der Waals surface area contributed by atoms with Crippen molar-refractivity contribution in [2.24, 2.45) is 5.14 Å². The van der Waals surface area contributed by atoms with Gasteiger partial charge in [0.05, 0.1) is 10.5 Å². The first kappa shape index (κ1) is 24.5. The fourth-order valence-electron chi connectivity index (χ4n) is 3.92. The summed E-state index contributed by atoms with van der Waals surface area (Å²) in [5.74, 6) is 0.162. The second kappa shape index (κ2) is 9.57. The topological polar surface area (TPSA) is 154 Å². The summed E-state index contributed by atoms with van der Waals surface area (Å²) in [5, 5.41) is 9.22. The minimum Gasteiger partial charge on any atom is -0.384 e. The van der Waals surface area contributed by atoms with E-state index in [2.05, 4.69) is 20.3 Å². The van der Waals surface area contributed by atoms with Crippen LogP contribution in [0.25, 0.3) is 10.9 Å². The molecule has 0 aliphatic heterocycles. The predicted octanol–water partition coefficient (Wildman–Crippen LogP) is 3.05. The molecule has 4 aromatic rings. The standard InChI is InChI=1S/C24H23ClN6O3S/c1-13-5-22(26)31-14(2)20(13)12-30-24(32)16-3-4-28-19(10-16)7-15-6-17-9-18(25)11-29-23(17)21(8-15)35(27,33)34/h3-6,8-11H,7,12H2,1-2H3,(H2,26,31)(H,30,32)(H2,27,33,34). The first-order valence-corrected chi connectivity index (χ1v) is 12.5. The number of halogens is 1. The molecule has 11 heteroatoms. The van der Waals surface area contributed by atoms with Crippen molar-refractivity contribution < 1.29 is 13.2 Å². The summed E-state index contributed by atoms with van der Waals surface area (Å²) in [4.78, 5) is 25.4. The molecule has 4 rings (SSSR count). The number of aromatic nitrogens is 3. The molecule has 3 heterocycles. The average Bonchev–Trinajstić information content (AvgIpc) is 2.77. The van der Waals surface area contributed by atoms with Crippen molar-refractivity contribution >= 4 is 44.3 Å². The van der Waals surface area contributed by atoms with Crippen molar-refractivity contribution in [1.29, 1.82) is 0 Å². The van der Waals surface area contributed by atoms with E-state index in [4.69, 9.17) is 22.5 Å². The Morgan fingerprint density at radius 3 is 2.60 bits per heavy atom. The van der Waals surface area contributed by atoms with Gasteiger partial charge in [-0.2, -0.15) is 0 Å². The van der Waals surface area contributed by atoms with E-state index in [1.54, 1.807) is 30.3 Å². The van der Waals surface area contributed by atoms with Crippen molar-refractivity contribution in [2.75, 3.05) is 5.73 Å². The SMILES string of the molecule is Cc1cc(N)nc(C)c1CNC(=O)c1ccnc(Cc2cc(S(N)(=O)=O)c3ncc(Cl)cc3c2)c1. The first-order valence-electron chi connectivity index (χ1n) is 10.6. The number of carbonyl (C=O) groups excluding carboxylic acids is 1. The van der Waals surface area contributed by atoms with Gasteiger partial charge in [0.25, 0.3) is 5.91 Å². The van der Waals surface area contributed by atoms with Gasteiger partial charge in [-0.05, 0) is 66.9 Å². The smallest absolute Gasteiger partial charge is 0.251 e. The number of hydrogen-bond acceptors (Lipinski definition) is 7. The Kier molecular flexibility index (Phi) is 6.70. The van der Waals surface area contributed by atoms with E-state index in [1.807, 2.05) is 13.8 Å². The zero-order valence-electron chi connectivity index (χ0n) is 19.0. The van der Waals surface area contributed by atoms with Crippen LogP contribution in [0.2, 0.25) is 5.02 Å². The quantitative estimate of drug-likeness (QED) is 0.360. The Balaban J connectivity index is 1.58. The number of nitrogen functional groups attached to an aromatic ring is 1. The van der Waals surface area contributed by atoms with Crippen LogP contribution in [0.15, 0.2) is 53.7 Å². The van der Waals surface area contributed by atoms with Crippen LogP contribution in [0.5, 0.6) is 0 Å². The molecule has 0 aliphatic rings. The predicted molar refractivity (Wildman–Crippen MR) is 134 cm³/mol. The number of benzene rings is 1. The maximum Gasteiger partial charge on any atom is 0.251 e. The molecule has 0 saturated carbocycles. The normalized spacial score (nSPS) is 11.5. The van der Waals surface area contributed by atoms with Crippen molar-refractivity contribution in [2.45, 2.75) is 31.7 Å². The Labute approximate surface area is 207 Å². The molecule has 9 nitrogen and oxygen atoms in total. The molecule has 0 aliphatic carbocycles. The second-order valence-corrected chi connectivity index (χ2v) is 10.2. The van der Waals surface area contributed by atoms with E-state index in [-0.39, 0.29) is 22.7 Å². The van der Waals surface area contributed by atoms with E-state index in [9.17, 15) is 13.2 Å². The molecule has 0 radical (unpaired) electrons. The summed E-state index contributed by atoms with van der Waals surface area (Å²) < 4.78 is 24.3. The lowest BCUT2D eigenvalue weighted by Crippen LogP contribution is -2.24. The molecule has 5 N–H and O–H groups in total. The lowest BCUT2D eigenvalue weighted by Gasteiger charge is -2.12. The van der Waals surface area contributed by atoms with Crippen molar-refractivity contribution in [3.63, 3.8) is 0 Å². The van der Waals surface area contributed by atoms with E-state index in [0.717, 1.165) is 16.8 Å². The van der Waals surface area contributed by atoms with Gasteiger partial charge in [-0.3, -0.25) is 14.8 Å². The molecule has 3 aromatic heterocycles. The highest BCUT2D eigenvalue weighted by molar-refractivity contribution is 7.89. The third-order valence-electron chi connectivity index (χ3n) is 5.54. The molecule has 0 saturated heterocycles. The second-order valence-electron chi connectivity index (χ2n) is 8.19. The molecule has 1 aromatic carbocycles. The number of carbonyl (C=O) groups is 1. The van der Waals surface area contributed by atoms with Gasteiger partial charge in [-0.1, -0.05) is 11.6 Å². The lowest BCUT2D eigenvalue weighted by atomic mass is 10.0. The molecule has 0 unspecified atom stereocenters. The fraction of sp³-hybridized carbons (Fsp3) is 0.167. The number of amides is 1. The average molecular weight is 511 g/mol. The zero-order chi connectivity index (χ0) is 25.3. The van der Waals surface area contributed by atoms with Crippen LogP contribution in [0.4, 0.5) is 5.82 Å². The highest BCUT2D eigenvalue weighted by Gasteiger charge is 2.17. The minimum absolute atomic E-state index is 0.0987. The summed E-state index contributed by atoms with van der Waals surface area (Å²) in [5.41, 5.74) is 10.3. The summed E-state index contributed by atoms with van der Waals surface area (Å²) in [6.07, 6.45) is 3.17. The third kappa shape index (κ3) is 5.56. The van der Waals surface area contributed by atoms with Crippen LogP contribution in [0, 0.1) is 13.8 Å². The molecule has 0 bridgehead atoms. The molecule has 0 fully saturated rings. The molecule has 0 atom stereocenters. The fourth-order valence-corrected chi connectivity index (χ4v) is 4.84. The van der Waals surface area contributed by atoms with Gasteiger partial charge in [0.2, 0.25) is 10.0 Å². The number of hydrogen-bond donors (Lipinski definition) is 3. The summed E-state index contributed by atoms with van der Waals surface area (Å²) >= 11 is 6.04. The van der Waals surface area contributed by atoms with Crippen LogP contribution in [-0.4, -0.2) is 29.3 Å². The van der Waals surface area contributed by atoms with Crippen LogP contribution in [0.3, 0.4) is 0 Å². The lowest BCUT2D eigenvalue weighted by molar-refractivity contribution is 0.0950. The molecular formula is C24H23ClN6O3S. The van der Waals surface area contributed by atoms with Gasteiger partial charge in [0, 0.05) is 47.7 Å². The molecule has 1 amide bonds. The van der Waals surface area contributed by atoms with Crippen molar-refractivity contribution in [1.82, 2.24) is 20.3 Å². The van der Waals surface area contributed by atoms with E-state index < -0.39 is 10.0 Å². The highest BCUT2D eigenvalue weighted by atomic mass is 35.5.